The molecule has 0 radical (unpaired) electrons. The fraction of sp³-hybridized carbons (Fsp3) is 0.424. The molecule has 0 bridgehead atoms. The van der Waals surface area contributed by atoms with Gasteiger partial charge in [-0.1, -0.05) is 38.1 Å². The molecule has 5 nitrogen and oxygen atoms in total. The fourth-order valence-corrected chi connectivity index (χ4v) is 5.84. The van der Waals surface area contributed by atoms with Gasteiger partial charge in [0.1, 0.15) is 23.9 Å². The summed E-state index contributed by atoms with van der Waals surface area (Å²) in [6.45, 7) is 5.40. The van der Waals surface area contributed by atoms with Crippen LogP contribution in [0.4, 0.5) is 4.39 Å². The number of carboxylic acid groups (broad SMARTS) is 1. The Morgan fingerprint density at radius 3 is 2.62 bits per heavy atom. The normalized spacial score (nSPS) is 19.3. The highest BCUT2D eigenvalue weighted by Gasteiger charge is 2.37. The minimum absolute atomic E-state index is 0.0142. The van der Waals surface area contributed by atoms with Crippen LogP contribution in [0.25, 0.3) is 11.1 Å². The second-order valence-corrected chi connectivity index (χ2v) is 11.5. The molecule has 1 unspecified atom stereocenters. The van der Waals surface area contributed by atoms with Crippen LogP contribution < -0.4 is 9.47 Å². The summed E-state index contributed by atoms with van der Waals surface area (Å²) in [6, 6.07) is 18.6. The Hall–Kier alpha value is -3.38. The van der Waals surface area contributed by atoms with E-state index in [0.29, 0.717) is 36.2 Å². The largest absolute Gasteiger partial charge is 0.497 e. The fourth-order valence-electron chi connectivity index (χ4n) is 5.84. The average Bonchev–Trinajstić information content (AvgIpc) is 3.76. The third-order valence-corrected chi connectivity index (χ3v) is 8.10. The molecule has 3 aromatic rings. The van der Waals surface area contributed by atoms with Crippen LogP contribution in [0, 0.1) is 17.2 Å². The summed E-state index contributed by atoms with van der Waals surface area (Å²) in [6.07, 6.45) is 4.11. The highest BCUT2D eigenvalue weighted by molar-refractivity contribution is 5.71. The van der Waals surface area contributed by atoms with Crippen LogP contribution in [0.1, 0.15) is 74.7 Å². The number of benzene rings is 3. The number of methoxy groups -OCH3 is 1. The van der Waals surface area contributed by atoms with E-state index in [1.807, 2.05) is 36.4 Å². The Morgan fingerprint density at radius 1 is 1.08 bits per heavy atom. The number of rotatable bonds is 10. The molecule has 1 aliphatic heterocycles. The summed E-state index contributed by atoms with van der Waals surface area (Å²) in [5.74, 6) is 0.676. The quantitative estimate of drug-likeness (QED) is 0.287. The molecule has 1 heterocycles. The molecular weight excluding hydrogens is 495 g/mol. The number of carbonyl (C=O) groups is 1. The second kappa shape index (κ2) is 11.4. The second-order valence-electron chi connectivity index (χ2n) is 11.5. The molecule has 1 aliphatic carbocycles. The zero-order chi connectivity index (χ0) is 27.6. The van der Waals surface area contributed by atoms with Crippen molar-refractivity contribution in [3.63, 3.8) is 0 Å². The van der Waals surface area contributed by atoms with E-state index in [2.05, 4.69) is 19.9 Å². The number of ether oxygens (including phenoxy) is 3. The van der Waals surface area contributed by atoms with E-state index in [1.165, 1.54) is 6.07 Å². The number of carboxylic acids is 1. The zero-order valence-corrected chi connectivity index (χ0v) is 22.9. The number of hydrogen-bond donors (Lipinski definition) is 1. The third kappa shape index (κ3) is 6.27. The van der Waals surface area contributed by atoms with Gasteiger partial charge in [0.05, 0.1) is 19.6 Å². The van der Waals surface area contributed by atoms with E-state index in [4.69, 9.17) is 14.2 Å². The van der Waals surface area contributed by atoms with Crippen LogP contribution in [0.3, 0.4) is 0 Å². The van der Waals surface area contributed by atoms with Crippen molar-refractivity contribution < 1.29 is 28.5 Å². The monoisotopic (exact) mass is 532 g/mol. The van der Waals surface area contributed by atoms with Crippen LogP contribution in [-0.2, 0) is 16.1 Å². The smallest absolute Gasteiger partial charge is 0.303 e. The van der Waals surface area contributed by atoms with Gasteiger partial charge in [-0.2, -0.15) is 0 Å². The van der Waals surface area contributed by atoms with Gasteiger partial charge >= 0.3 is 5.97 Å². The first kappa shape index (κ1) is 27.2. The van der Waals surface area contributed by atoms with Crippen LogP contribution in [0.15, 0.2) is 60.7 Å². The van der Waals surface area contributed by atoms with Crippen molar-refractivity contribution in [2.45, 2.75) is 64.6 Å². The molecule has 1 N–H and O–H groups in total. The molecule has 0 aromatic heterocycles. The maximum atomic E-state index is 15.1. The summed E-state index contributed by atoms with van der Waals surface area (Å²) in [5, 5.41) is 9.39. The first-order chi connectivity index (χ1) is 18.7. The Bertz CT molecular complexity index is 1330. The standard InChI is InChI=1S/C33H37FO5/c1-33(2)14-5-15-38-32(33)29-16-21(8-12-26(29)28-18-24(37-3)11-13-30(28)34)20-39-25-7-4-6-23(17-25)27(19-31(35)36)22-9-10-22/h4,6-8,11-13,16-18,22,27,32H,5,9-10,14-15,19-20H2,1-3H3,(H,35,36)/t27-,32?/m0/s1. The Balaban J connectivity index is 1.44. The van der Waals surface area contributed by atoms with Gasteiger partial charge in [-0.15, -0.1) is 0 Å². The van der Waals surface area contributed by atoms with Gasteiger partial charge in [0.2, 0.25) is 0 Å². The van der Waals surface area contributed by atoms with Crippen molar-refractivity contribution in [3.8, 4) is 22.6 Å². The summed E-state index contributed by atoms with van der Waals surface area (Å²) in [5.41, 5.74) is 4.07. The molecule has 0 amide bonds. The molecule has 2 fully saturated rings. The lowest BCUT2D eigenvalue weighted by Crippen LogP contribution is -2.30. The van der Waals surface area contributed by atoms with E-state index < -0.39 is 5.97 Å². The number of halogens is 1. The number of aliphatic carboxylic acids is 1. The minimum atomic E-state index is -0.772. The lowest BCUT2D eigenvalue weighted by Gasteiger charge is -2.39. The molecule has 3 aromatic carbocycles. The van der Waals surface area contributed by atoms with Gasteiger partial charge < -0.3 is 19.3 Å². The Labute approximate surface area is 229 Å². The number of hydrogen-bond acceptors (Lipinski definition) is 4. The van der Waals surface area contributed by atoms with Crippen molar-refractivity contribution in [2.75, 3.05) is 13.7 Å². The summed E-state index contributed by atoms with van der Waals surface area (Å²) in [4.78, 5) is 11.4. The van der Waals surface area contributed by atoms with Crippen molar-refractivity contribution in [1.29, 1.82) is 0 Å². The predicted molar refractivity (Wildman–Crippen MR) is 149 cm³/mol. The van der Waals surface area contributed by atoms with E-state index in [1.54, 1.807) is 19.2 Å². The molecular formula is C33H37FO5. The van der Waals surface area contributed by atoms with Gasteiger partial charge in [0, 0.05) is 12.2 Å². The summed E-state index contributed by atoms with van der Waals surface area (Å²) in [7, 11) is 1.58. The maximum absolute atomic E-state index is 15.1. The SMILES string of the molecule is COc1ccc(F)c(-c2ccc(COc3cccc([C@@H](CC(=O)O)C4CC4)c3)cc2C2OCCCC2(C)C)c1. The molecule has 39 heavy (non-hydrogen) atoms. The molecule has 6 heteroatoms. The van der Waals surface area contributed by atoms with Crippen LogP contribution >= 0.6 is 0 Å². The van der Waals surface area contributed by atoms with Crippen molar-refractivity contribution in [1.82, 2.24) is 0 Å². The maximum Gasteiger partial charge on any atom is 0.303 e. The van der Waals surface area contributed by atoms with Crippen LogP contribution in [-0.4, -0.2) is 24.8 Å². The van der Waals surface area contributed by atoms with Gasteiger partial charge in [-0.25, -0.2) is 4.39 Å². The molecule has 2 atom stereocenters. The third-order valence-electron chi connectivity index (χ3n) is 8.10. The van der Waals surface area contributed by atoms with E-state index >= 15 is 4.39 Å². The summed E-state index contributed by atoms with van der Waals surface area (Å²) < 4.78 is 33.0. The predicted octanol–water partition coefficient (Wildman–Crippen LogP) is 7.93. The first-order valence-electron chi connectivity index (χ1n) is 13.8. The highest BCUT2D eigenvalue weighted by atomic mass is 19.1. The molecule has 1 saturated heterocycles. The van der Waals surface area contributed by atoms with Gasteiger partial charge in [-0.3, -0.25) is 4.79 Å². The van der Waals surface area contributed by atoms with Crippen LogP contribution in [0.2, 0.25) is 0 Å². The van der Waals surface area contributed by atoms with Crippen molar-refractivity contribution in [2.24, 2.45) is 11.3 Å². The van der Waals surface area contributed by atoms with E-state index in [0.717, 1.165) is 47.9 Å². The topological polar surface area (TPSA) is 65.0 Å². The van der Waals surface area contributed by atoms with Gasteiger partial charge in [-0.05, 0) is 102 Å². The highest BCUT2D eigenvalue weighted by Crippen LogP contribution is 2.47. The minimum Gasteiger partial charge on any atom is -0.497 e. The average molecular weight is 533 g/mol. The lowest BCUT2D eigenvalue weighted by atomic mass is 9.75. The van der Waals surface area contributed by atoms with E-state index in [-0.39, 0.29) is 29.7 Å². The summed E-state index contributed by atoms with van der Waals surface area (Å²) >= 11 is 0. The lowest BCUT2D eigenvalue weighted by molar-refractivity contribution is -0.137. The Kier molecular flexibility index (Phi) is 7.94. The van der Waals surface area contributed by atoms with Crippen molar-refractivity contribution >= 4 is 5.97 Å². The molecule has 1 saturated carbocycles. The molecule has 0 spiro atoms. The molecule has 2 aliphatic rings. The zero-order valence-electron chi connectivity index (χ0n) is 22.9. The van der Waals surface area contributed by atoms with Gasteiger partial charge in [0.15, 0.2) is 0 Å². The molecule has 5 rings (SSSR count). The molecule has 206 valence electrons. The first-order valence-corrected chi connectivity index (χ1v) is 13.8. The Morgan fingerprint density at radius 2 is 1.90 bits per heavy atom. The van der Waals surface area contributed by atoms with Gasteiger partial charge in [0.25, 0.3) is 0 Å². The van der Waals surface area contributed by atoms with Crippen LogP contribution in [0.5, 0.6) is 11.5 Å². The van der Waals surface area contributed by atoms with E-state index in [9.17, 15) is 9.90 Å². The van der Waals surface area contributed by atoms with Crippen molar-refractivity contribution in [3.05, 3.63) is 83.2 Å².